The average molecular weight is 317 g/mol. The molecule has 7 nitrogen and oxygen atoms in total. The first-order valence-electron chi connectivity index (χ1n) is 8.03. The molecule has 1 amide bonds. The number of carbonyl (C=O) groups excluding carboxylic acids is 1. The molecule has 0 bridgehead atoms. The Labute approximate surface area is 135 Å². The normalized spacial score (nSPS) is 15.7. The molecule has 7 heteroatoms. The molecule has 1 N–H and O–H groups in total. The Kier molecular flexibility index (Phi) is 4.76. The molecule has 2 aromatic rings. The number of amides is 1. The van der Waals surface area contributed by atoms with Crippen LogP contribution < -0.4 is 5.32 Å². The summed E-state index contributed by atoms with van der Waals surface area (Å²) in [4.78, 5) is 12.6. The molecule has 0 aromatic carbocycles. The maximum Gasteiger partial charge on any atom is 0.259 e. The van der Waals surface area contributed by atoms with Gasteiger partial charge in [0.2, 0.25) is 0 Å². The number of aromatic nitrogens is 4. The number of ether oxygens (including phenoxy) is 1. The summed E-state index contributed by atoms with van der Waals surface area (Å²) in [6.07, 6.45) is 11.1. The molecule has 1 aliphatic rings. The molecule has 3 rings (SSSR count). The first-order valence-corrected chi connectivity index (χ1v) is 8.03. The van der Waals surface area contributed by atoms with Crippen LogP contribution in [0.5, 0.6) is 0 Å². The summed E-state index contributed by atoms with van der Waals surface area (Å²) in [7, 11) is 3.46. The molecule has 0 saturated heterocycles. The summed E-state index contributed by atoms with van der Waals surface area (Å²) < 4.78 is 8.36. The van der Waals surface area contributed by atoms with Crippen molar-refractivity contribution in [3.63, 3.8) is 0 Å². The van der Waals surface area contributed by atoms with Gasteiger partial charge < -0.3 is 10.1 Å². The summed E-state index contributed by atoms with van der Waals surface area (Å²) in [6.45, 7) is 0.357. The molecule has 2 aromatic heterocycles. The average Bonchev–Trinajstić information content (AvgIpc) is 3.15. The number of carbonyl (C=O) groups is 1. The van der Waals surface area contributed by atoms with Crippen LogP contribution in [0.15, 0.2) is 18.6 Å². The second kappa shape index (κ2) is 6.95. The highest BCUT2D eigenvalue weighted by molar-refractivity contribution is 6.04. The van der Waals surface area contributed by atoms with E-state index < -0.39 is 0 Å². The minimum Gasteiger partial charge on any atom is -0.362 e. The van der Waals surface area contributed by atoms with Crippen LogP contribution in [-0.2, 0) is 18.5 Å². The topological polar surface area (TPSA) is 74.0 Å². The van der Waals surface area contributed by atoms with Crippen LogP contribution in [0, 0.1) is 0 Å². The summed E-state index contributed by atoms with van der Waals surface area (Å²) >= 11 is 0. The zero-order chi connectivity index (χ0) is 16.2. The number of hydrogen-bond donors (Lipinski definition) is 1. The minimum atomic E-state index is -0.129. The van der Waals surface area contributed by atoms with E-state index in [-0.39, 0.29) is 5.91 Å². The SMILES string of the molecule is COCn1cc(NC(=O)c2cn(C)nc2C2CCCCC2)cn1. The number of methoxy groups -OCH3 is 1. The first kappa shape index (κ1) is 15.7. The van der Waals surface area contributed by atoms with Crippen molar-refractivity contribution < 1.29 is 9.53 Å². The largest absolute Gasteiger partial charge is 0.362 e. The van der Waals surface area contributed by atoms with E-state index in [0.29, 0.717) is 23.9 Å². The lowest BCUT2D eigenvalue weighted by Crippen LogP contribution is -2.15. The van der Waals surface area contributed by atoms with Crippen molar-refractivity contribution in [3.8, 4) is 0 Å². The third-order valence-corrected chi connectivity index (χ3v) is 4.25. The van der Waals surface area contributed by atoms with Crippen LogP contribution in [0.3, 0.4) is 0 Å². The van der Waals surface area contributed by atoms with E-state index in [0.717, 1.165) is 18.5 Å². The van der Waals surface area contributed by atoms with Gasteiger partial charge in [-0.2, -0.15) is 10.2 Å². The standard InChI is InChI=1S/C16H23N5O2/c1-20-10-14(15(19-20)12-6-4-3-5-7-12)16(22)18-13-8-17-21(9-13)11-23-2/h8-10,12H,3-7,11H2,1-2H3,(H,18,22). The Hall–Kier alpha value is -2.15. The maximum atomic E-state index is 12.6. The third kappa shape index (κ3) is 3.61. The number of anilines is 1. The lowest BCUT2D eigenvalue weighted by Gasteiger charge is -2.20. The number of nitrogens with one attached hydrogen (secondary N) is 1. The van der Waals surface area contributed by atoms with Crippen molar-refractivity contribution in [2.75, 3.05) is 12.4 Å². The zero-order valence-corrected chi connectivity index (χ0v) is 13.7. The van der Waals surface area contributed by atoms with Crippen molar-refractivity contribution in [3.05, 3.63) is 29.8 Å². The maximum absolute atomic E-state index is 12.6. The first-order chi connectivity index (χ1) is 11.2. The molecule has 0 aliphatic heterocycles. The highest BCUT2D eigenvalue weighted by Crippen LogP contribution is 2.33. The Morgan fingerprint density at radius 1 is 1.35 bits per heavy atom. The Bertz CT molecular complexity index is 670. The molecule has 0 unspecified atom stereocenters. The predicted molar refractivity (Wildman–Crippen MR) is 86.2 cm³/mol. The van der Waals surface area contributed by atoms with Gasteiger partial charge >= 0.3 is 0 Å². The molecular formula is C16H23N5O2. The van der Waals surface area contributed by atoms with E-state index in [9.17, 15) is 4.79 Å². The predicted octanol–water partition coefficient (Wildman–Crippen LogP) is 2.52. The molecule has 0 atom stereocenters. The van der Waals surface area contributed by atoms with Gasteiger partial charge in [-0.1, -0.05) is 19.3 Å². The monoisotopic (exact) mass is 317 g/mol. The van der Waals surface area contributed by atoms with Gasteiger partial charge in [-0.25, -0.2) is 4.68 Å². The summed E-state index contributed by atoms with van der Waals surface area (Å²) in [6, 6.07) is 0. The van der Waals surface area contributed by atoms with Crippen molar-refractivity contribution in [2.45, 2.75) is 44.8 Å². The Balaban J connectivity index is 1.75. The fraction of sp³-hybridized carbons (Fsp3) is 0.562. The summed E-state index contributed by atoms with van der Waals surface area (Å²) in [5.41, 5.74) is 2.25. The van der Waals surface area contributed by atoms with Gasteiger partial charge in [0.15, 0.2) is 0 Å². The van der Waals surface area contributed by atoms with Crippen molar-refractivity contribution in [2.24, 2.45) is 7.05 Å². The second-order valence-corrected chi connectivity index (χ2v) is 6.08. The van der Waals surface area contributed by atoms with Gasteiger partial charge in [-0.3, -0.25) is 9.48 Å². The van der Waals surface area contributed by atoms with Crippen LogP contribution in [0.4, 0.5) is 5.69 Å². The van der Waals surface area contributed by atoms with Crippen LogP contribution >= 0.6 is 0 Å². The van der Waals surface area contributed by atoms with Gasteiger partial charge in [-0.05, 0) is 12.8 Å². The molecule has 1 aliphatic carbocycles. The molecule has 0 spiro atoms. The lowest BCUT2D eigenvalue weighted by atomic mass is 9.85. The highest BCUT2D eigenvalue weighted by atomic mass is 16.5. The van der Waals surface area contributed by atoms with Gasteiger partial charge in [0.05, 0.1) is 29.3 Å². The summed E-state index contributed by atoms with van der Waals surface area (Å²) in [5.74, 6) is 0.262. The molecule has 23 heavy (non-hydrogen) atoms. The summed E-state index contributed by atoms with van der Waals surface area (Å²) in [5, 5.41) is 11.6. The van der Waals surface area contributed by atoms with Gasteiger partial charge in [-0.15, -0.1) is 0 Å². The van der Waals surface area contributed by atoms with E-state index in [4.69, 9.17) is 4.74 Å². The molecule has 1 fully saturated rings. The third-order valence-electron chi connectivity index (χ3n) is 4.25. The van der Waals surface area contributed by atoms with Crippen molar-refractivity contribution in [1.29, 1.82) is 0 Å². The number of aryl methyl sites for hydroxylation is 1. The van der Waals surface area contributed by atoms with Gasteiger partial charge in [0, 0.05) is 26.3 Å². The number of nitrogens with zero attached hydrogens (tertiary/aromatic N) is 4. The Morgan fingerprint density at radius 3 is 2.87 bits per heavy atom. The smallest absolute Gasteiger partial charge is 0.259 e. The van der Waals surface area contributed by atoms with Crippen LogP contribution in [0.2, 0.25) is 0 Å². The molecule has 2 heterocycles. The van der Waals surface area contributed by atoms with Crippen molar-refractivity contribution >= 4 is 11.6 Å². The minimum absolute atomic E-state index is 0.129. The number of hydrogen-bond acceptors (Lipinski definition) is 4. The molecular weight excluding hydrogens is 294 g/mol. The molecule has 1 saturated carbocycles. The molecule has 124 valence electrons. The van der Waals surface area contributed by atoms with E-state index >= 15 is 0 Å². The second-order valence-electron chi connectivity index (χ2n) is 6.08. The van der Waals surface area contributed by atoms with Crippen LogP contribution in [0.1, 0.15) is 54.1 Å². The fourth-order valence-electron chi connectivity index (χ4n) is 3.19. The van der Waals surface area contributed by atoms with Crippen molar-refractivity contribution in [1.82, 2.24) is 19.6 Å². The Morgan fingerprint density at radius 2 is 2.13 bits per heavy atom. The quantitative estimate of drug-likeness (QED) is 0.919. The zero-order valence-electron chi connectivity index (χ0n) is 13.7. The van der Waals surface area contributed by atoms with E-state index in [1.807, 2.05) is 7.05 Å². The van der Waals surface area contributed by atoms with Crippen LogP contribution in [0.25, 0.3) is 0 Å². The van der Waals surface area contributed by atoms with Gasteiger partial charge in [0.1, 0.15) is 6.73 Å². The van der Waals surface area contributed by atoms with E-state index in [1.54, 1.807) is 35.1 Å². The lowest BCUT2D eigenvalue weighted by molar-refractivity contribution is 0.102. The van der Waals surface area contributed by atoms with Crippen LogP contribution in [-0.4, -0.2) is 32.6 Å². The number of rotatable bonds is 5. The van der Waals surface area contributed by atoms with Gasteiger partial charge in [0.25, 0.3) is 5.91 Å². The van der Waals surface area contributed by atoms with E-state index in [2.05, 4.69) is 15.5 Å². The highest BCUT2D eigenvalue weighted by Gasteiger charge is 2.25. The molecule has 0 radical (unpaired) electrons. The van der Waals surface area contributed by atoms with E-state index in [1.165, 1.54) is 19.3 Å². The fourth-order valence-corrected chi connectivity index (χ4v) is 3.19.